The van der Waals surface area contributed by atoms with E-state index in [2.05, 4.69) is 0 Å². The molecule has 0 amide bonds. The van der Waals surface area contributed by atoms with Crippen LogP contribution in [0.4, 0.5) is 0 Å². The molecular formula is C18H16O4. The number of carbonyl (C=O) groups excluding carboxylic acids is 2. The van der Waals surface area contributed by atoms with Gasteiger partial charge in [0, 0.05) is 12.8 Å². The summed E-state index contributed by atoms with van der Waals surface area (Å²) in [6.07, 6.45) is -1.05. The molecule has 22 heavy (non-hydrogen) atoms. The summed E-state index contributed by atoms with van der Waals surface area (Å²) in [5.74, 6) is -0.964. The molecule has 2 aromatic rings. The maximum atomic E-state index is 12.0. The van der Waals surface area contributed by atoms with Gasteiger partial charge in [-0.3, -0.25) is 0 Å². The van der Waals surface area contributed by atoms with Gasteiger partial charge in [0.15, 0.2) is 0 Å². The van der Waals surface area contributed by atoms with Gasteiger partial charge in [-0.1, -0.05) is 60.7 Å². The first-order valence-corrected chi connectivity index (χ1v) is 7.21. The molecular weight excluding hydrogens is 280 g/mol. The van der Waals surface area contributed by atoms with E-state index in [0.717, 1.165) is 11.1 Å². The number of ether oxygens (including phenoxy) is 2. The Balaban J connectivity index is 1.64. The number of carbonyl (C=O) groups is 2. The summed E-state index contributed by atoms with van der Waals surface area (Å²) < 4.78 is 10.5. The van der Waals surface area contributed by atoms with E-state index >= 15 is 0 Å². The summed E-state index contributed by atoms with van der Waals surface area (Å²) in [6.45, 7) is 0. The van der Waals surface area contributed by atoms with E-state index in [1.54, 1.807) is 0 Å². The minimum absolute atomic E-state index is 0.337. The fourth-order valence-electron chi connectivity index (χ4n) is 2.43. The summed E-state index contributed by atoms with van der Waals surface area (Å²) in [5.41, 5.74) is 1.86. The molecule has 112 valence electrons. The normalized spacial score (nSPS) is 21.1. The summed E-state index contributed by atoms with van der Waals surface area (Å²) in [4.78, 5) is 24.1. The highest BCUT2D eigenvalue weighted by Gasteiger charge is 2.38. The van der Waals surface area contributed by atoms with Crippen molar-refractivity contribution in [2.24, 2.45) is 0 Å². The molecule has 2 aromatic carbocycles. The fraction of sp³-hybridized carbons (Fsp3) is 0.222. The van der Waals surface area contributed by atoms with Crippen LogP contribution < -0.4 is 0 Å². The molecule has 0 N–H and O–H groups in total. The van der Waals surface area contributed by atoms with Gasteiger partial charge in [0.1, 0.15) is 0 Å². The van der Waals surface area contributed by atoms with E-state index in [9.17, 15) is 9.59 Å². The quantitative estimate of drug-likeness (QED) is 0.812. The standard InChI is InChI=1S/C18H16O4/c19-17-15(11-13-7-3-1-4-8-13)21-18(20)16(22-17)12-14-9-5-2-6-10-14/h1-10,15-16H,11-12H2/t15-,16-/m1/s1. The van der Waals surface area contributed by atoms with Gasteiger partial charge in [-0.05, 0) is 11.1 Å². The zero-order chi connectivity index (χ0) is 15.4. The molecule has 0 aliphatic carbocycles. The number of hydrogen-bond acceptors (Lipinski definition) is 4. The third-order valence-corrected chi connectivity index (χ3v) is 3.57. The van der Waals surface area contributed by atoms with Crippen molar-refractivity contribution < 1.29 is 19.1 Å². The van der Waals surface area contributed by atoms with Crippen molar-refractivity contribution >= 4 is 11.9 Å². The second-order valence-electron chi connectivity index (χ2n) is 5.23. The Labute approximate surface area is 128 Å². The molecule has 0 aromatic heterocycles. The van der Waals surface area contributed by atoms with E-state index in [0.29, 0.717) is 12.8 Å². The predicted molar refractivity (Wildman–Crippen MR) is 80.1 cm³/mol. The lowest BCUT2D eigenvalue weighted by molar-refractivity contribution is -0.194. The van der Waals surface area contributed by atoms with E-state index in [-0.39, 0.29) is 0 Å². The number of cyclic esters (lactones) is 2. The summed E-state index contributed by atoms with van der Waals surface area (Å²) in [6, 6.07) is 18.8. The van der Waals surface area contributed by atoms with Gasteiger partial charge in [0.25, 0.3) is 0 Å². The fourth-order valence-corrected chi connectivity index (χ4v) is 2.43. The minimum atomic E-state index is -0.859. The average Bonchev–Trinajstić information content (AvgIpc) is 2.54. The molecule has 1 saturated heterocycles. The predicted octanol–water partition coefficient (Wildman–Crippen LogP) is 2.31. The van der Waals surface area contributed by atoms with Crippen LogP contribution >= 0.6 is 0 Å². The molecule has 3 rings (SSSR count). The highest BCUT2D eigenvalue weighted by atomic mass is 16.6. The van der Waals surface area contributed by atoms with E-state index < -0.39 is 24.1 Å². The molecule has 4 nitrogen and oxygen atoms in total. The van der Waals surface area contributed by atoms with Crippen molar-refractivity contribution in [3.63, 3.8) is 0 Å². The Hall–Kier alpha value is -2.62. The van der Waals surface area contributed by atoms with Crippen LogP contribution in [0, 0.1) is 0 Å². The molecule has 2 atom stereocenters. The van der Waals surface area contributed by atoms with Crippen molar-refractivity contribution in [1.29, 1.82) is 0 Å². The van der Waals surface area contributed by atoms with Crippen LogP contribution in [-0.2, 0) is 31.9 Å². The van der Waals surface area contributed by atoms with E-state index in [1.165, 1.54) is 0 Å². The van der Waals surface area contributed by atoms with Crippen LogP contribution in [0.15, 0.2) is 60.7 Å². The van der Waals surface area contributed by atoms with Gasteiger partial charge in [-0.25, -0.2) is 9.59 Å². The van der Waals surface area contributed by atoms with Gasteiger partial charge in [-0.15, -0.1) is 0 Å². The zero-order valence-corrected chi connectivity index (χ0v) is 12.0. The van der Waals surface area contributed by atoms with Gasteiger partial charge in [0.05, 0.1) is 0 Å². The Kier molecular flexibility index (Phi) is 4.19. The topological polar surface area (TPSA) is 52.6 Å². The van der Waals surface area contributed by atoms with Crippen molar-refractivity contribution in [2.45, 2.75) is 25.0 Å². The molecule has 4 heteroatoms. The lowest BCUT2D eigenvalue weighted by Crippen LogP contribution is -2.45. The molecule has 0 bridgehead atoms. The third kappa shape index (κ3) is 3.34. The van der Waals surface area contributed by atoms with Gasteiger partial charge in [-0.2, -0.15) is 0 Å². The number of rotatable bonds is 4. The first kappa shape index (κ1) is 14.3. The maximum absolute atomic E-state index is 12.0. The van der Waals surface area contributed by atoms with Crippen LogP contribution in [0.3, 0.4) is 0 Å². The second kappa shape index (κ2) is 6.43. The number of hydrogen-bond donors (Lipinski definition) is 0. The Morgan fingerprint density at radius 2 is 1.00 bits per heavy atom. The Bertz CT molecular complexity index is 592. The second-order valence-corrected chi connectivity index (χ2v) is 5.23. The molecule has 1 heterocycles. The highest BCUT2D eigenvalue weighted by molar-refractivity contribution is 5.87. The third-order valence-electron chi connectivity index (χ3n) is 3.57. The smallest absolute Gasteiger partial charge is 0.348 e. The Morgan fingerprint density at radius 3 is 1.36 bits per heavy atom. The molecule has 0 spiro atoms. The first-order valence-electron chi connectivity index (χ1n) is 7.21. The Morgan fingerprint density at radius 1 is 0.636 bits per heavy atom. The lowest BCUT2D eigenvalue weighted by Gasteiger charge is -2.27. The van der Waals surface area contributed by atoms with Crippen LogP contribution in [0.5, 0.6) is 0 Å². The van der Waals surface area contributed by atoms with Crippen LogP contribution in [0.2, 0.25) is 0 Å². The van der Waals surface area contributed by atoms with Crippen molar-refractivity contribution in [3.05, 3.63) is 71.8 Å². The SMILES string of the molecule is O=C1O[C@H](Cc2ccccc2)C(=O)O[C@@H]1Cc1ccccc1. The zero-order valence-electron chi connectivity index (χ0n) is 12.0. The van der Waals surface area contributed by atoms with Crippen LogP contribution in [-0.4, -0.2) is 24.1 Å². The molecule has 1 fully saturated rings. The number of benzene rings is 2. The monoisotopic (exact) mass is 296 g/mol. The maximum Gasteiger partial charge on any atom is 0.348 e. The molecule has 1 aliphatic heterocycles. The van der Waals surface area contributed by atoms with Crippen molar-refractivity contribution in [2.75, 3.05) is 0 Å². The van der Waals surface area contributed by atoms with Crippen molar-refractivity contribution in [3.8, 4) is 0 Å². The molecule has 0 unspecified atom stereocenters. The molecule has 0 radical (unpaired) electrons. The van der Waals surface area contributed by atoms with Crippen molar-refractivity contribution in [1.82, 2.24) is 0 Å². The molecule has 1 aliphatic rings. The van der Waals surface area contributed by atoms with Crippen LogP contribution in [0.1, 0.15) is 11.1 Å². The summed E-state index contributed by atoms with van der Waals surface area (Å²) in [5, 5.41) is 0. The van der Waals surface area contributed by atoms with Gasteiger partial charge >= 0.3 is 11.9 Å². The summed E-state index contributed by atoms with van der Waals surface area (Å²) >= 11 is 0. The average molecular weight is 296 g/mol. The highest BCUT2D eigenvalue weighted by Crippen LogP contribution is 2.18. The number of esters is 2. The first-order chi connectivity index (χ1) is 10.7. The molecule has 0 saturated carbocycles. The lowest BCUT2D eigenvalue weighted by atomic mass is 10.0. The minimum Gasteiger partial charge on any atom is -0.447 e. The van der Waals surface area contributed by atoms with E-state index in [4.69, 9.17) is 9.47 Å². The summed E-state index contributed by atoms with van der Waals surface area (Å²) in [7, 11) is 0. The van der Waals surface area contributed by atoms with E-state index in [1.807, 2.05) is 60.7 Å². The van der Waals surface area contributed by atoms with Gasteiger partial charge in [0.2, 0.25) is 12.2 Å². The largest absolute Gasteiger partial charge is 0.447 e. The van der Waals surface area contributed by atoms with Gasteiger partial charge < -0.3 is 9.47 Å². The van der Waals surface area contributed by atoms with Crippen LogP contribution in [0.25, 0.3) is 0 Å².